The van der Waals surface area contributed by atoms with Crippen molar-refractivity contribution >= 4 is 0 Å². The quantitative estimate of drug-likeness (QED) is 0.493. The normalized spacial score (nSPS) is 47.4. The monoisotopic (exact) mass is 174 g/mol. The lowest BCUT2D eigenvalue weighted by Gasteiger charge is -2.28. The molecule has 4 unspecified atom stereocenters. The van der Waals surface area contributed by atoms with Gasteiger partial charge in [-0.25, -0.2) is 0 Å². The highest BCUT2D eigenvalue weighted by molar-refractivity contribution is 5.14. The summed E-state index contributed by atoms with van der Waals surface area (Å²) in [4.78, 5) is 0. The van der Waals surface area contributed by atoms with E-state index in [1.165, 1.54) is 32.1 Å². The van der Waals surface area contributed by atoms with Crippen LogP contribution in [0.15, 0.2) is 24.3 Å². The molecule has 0 amide bonds. The van der Waals surface area contributed by atoms with E-state index in [1.54, 1.807) is 0 Å². The van der Waals surface area contributed by atoms with Gasteiger partial charge in [-0.15, -0.1) is 0 Å². The summed E-state index contributed by atoms with van der Waals surface area (Å²) in [5.74, 6) is 3.95. The van der Waals surface area contributed by atoms with Crippen LogP contribution in [0.4, 0.5) is 0 Å². The molecule has 0 aliphatic heterocycles. The Balaban J connectivity index is 1.85. The average molecular weight is 174 g/mol. The number of allylic oxidation sites excluding steroid dienone is 4. The maximum absolute atomic E-state index is 2.50. The van der Waals surface area contributed by atoms with Crippen LogP contribution in [0.1, 0.15) is 32.1 Å². The molecule has 0 N–H and O–H groups in total. The SMILES string of the molecule is C1=CCC2C3C=CC(C3)C2CCC1. The molecule has 2 bridgehead atoms. The molecule has 3 aliphatic rings. The highest BCUT2D eigenvalue weighted by Crippen LogP contribution is 2.51. The van der Waals surface area contributed by atoms with Crippen LogP contribution < -0.4 is 0 Å². The molecule has 0 saturated heterocycles. The highest BCUT2D eigenvalue weighted by Gasteiger charge is 2.43. The minimum Gasteiger partial charge on any atom is -0.0885 e. The summed E-state index contributed by atoms with van der Waals surface area (Å²) >= 11 is 0. The van der Waals surface area contributed by atoms with Gasteiger partial charge >= 0.3 is 0 Å². The Labute approximate surface area is 80.7 Å². The van der Waals surface area contributed by atoms with E-state index >= 15 is 0 Å². The van der Waals surface area contributed by atoms with E-state index in [4.69, 9.17) is 0 Å². The summed E-state index contributed by atoms with van der Waals surface area (Å²) in [7, 11) is 0. The number of hydrogen-bond donors (Lipinski definition) is 0. The second-order valence-corrected chi connectivity index (χ2v) is 4.91. The highest BCUT2D eigenvalue weighted by atomic mass is 14.5. The molecule has 4 atom stereocenters. The molecule has 0 aromatic heterocycles. The van der Waals surface area contributed by atoms with E-state index in [-0.39, 0.29) is 0 Å². The van der Waals surface area contributed by atoms with Gasteiger partial charge in [-0.2, -0.15) is 0 Å². The maximum Gasteiger partial charge on any atom is -0.0194 e. The Morgan fingerprint density at radius 1 is 0.923 bits per heavy atom. The first kappa shape index (κ1) is 7.84. The first-order chi connectivity index (χ1) is 6.45. The van der Waals surface area contributed by atoms with Gasteiger partial charge in [-0.05, 0) is 55.8 Å². The zero-order chi connectivity index (χ0) is 8.67. The molecule has 3 aliphatic carbocycles. The minimum absolute atomic E-state index is 0.942. The first-order valence-electron chi connectivity index (χ1n) is 5.78. The van der Waals surface area contributed by atoms with Crippen molar-refractivity contribution in [3.8, 4) is 0 Å². The van der Waals surface area contributed by atoms with Gasteiger partial charge in [0.15, 0.2) is 0 Å². The molecule has 0 heteroatoms. The van der Waals surface area contributed by atoms with Crippen LogP contribution in [-0.2, 0) is 0 Å². The molecule has 1 fully saturated rings. The molecule has 0 aromatic rings. The summed E-state index contributed by atoms with van der Waals surface area (Å²) < 4.78 is 0. The Bertz CT molecular complexity index is 249. The molecule has 0 heterocycles. The Kier molecular flexibility index (Phi) is 1.81. The summed E-state index contributed by atoms with van der Waals surface area (Å²) in [6, 6.07) is 0. The third-order valence-corrected chi connectivity index (χ3v) is 4.28. The molecule has 1 saturated carbocycles. The van der Waals surface area contributed by atoms with Gasteiger partial charge in [0.1, 0.15) is 0 Å². The van der Waals surface area contributed by atoms with Crippen LogP contribution in [0.2, 0.25) is 0 Å². The van der Waals surface area contributed by atoms with Crippen molar-refractivity contribution < 1.29 is 0 Å². The van der Waals surface area contributed by atoms with Gasteiger partial charge in [-0.1, -0.05) is 24.3 Å². The van der Waals surface area contributed by atoms with E-state index in [0.717, 1.165) is 23.7 Å². The lowest BCUT2D eigenvalue weighted by Crippen LogP contribution is -2.19. The summed E-state index contributed by atoms with van der Waals surface area (Å²) in [6.45, 7) is 0. The molecule has 0 radical (unpaired) electrons. The van der Waals surface area contributed by atoms with Crippen molar-refractivity contribution in [2.24, 2.45) is 23.7 Å². The topological polar surface area (TPSA) is 0 Å². The molecular formula is C13H18. The molecule has 3 rings (SSSR count). The van der Waals surface area contributed by atoms with Gasteiger partial charge in [-0.3, -0.25) is 0 Å². The Morgan fingerprint density at radius 2 is 1.77 bits per heavy atom. The molecular weight excluding hydrogens is 156 g/mol. The van der Waals surface area contributed by atoms with Crippen LogP contribution in [0, 0.1) is 23.7 Å². The van der Waals surface area contributed by atoms with Crippen molar-refractivity contribution in [3.05, 3.63) is 24.3 Å². The molecule has 0 aromatic carbocycles. The van der Waals surface area contributed by atoms with E-state index < -0.39 is 0 Å². The van der Waals surface area contributed by atoms with E-state index in [0.29, 0.717) is 0 Å². The summed E-state index contributed by atoms with van der Waals surface area (Å²) in [5.41, 5.74) is 0. The molecule has 13 heavy (non-hydrogen) atoms. The van der Waals surface area contributed by atoms with Crippen molar-refractivity contribution in [2.45, 2.75) is 32.1 Å². The Hall–Kier alpha value is -0.520. The lowest BCUT2D eigenvalue weighted by atomic mass is 9.77. The van der Waals surface area contributed by atoms with Crippen molar-refractivity contribution in [3.63, 3.8) is 0 Å². The number of hydrogen-bond acceptors (Lipinski definition) is 0. The predicted octanol–water partition coefficient (Wildman–Crippen LogP) is 3.55. The fourth-order valence-corrected chi connectivity index (χ4v) is 3.65. The summed E-state index contributed by atoms with van der Waals surface area (Å²) in [6.07, 6.45) is 16.9. The van der Waals surface area contributed by atoms with E-state index in [2.05, 4.69) is 24.3 Å². The fraction of sp³-hybridized carbons (Fsp3) is 0.692. The minimum atomic E-state index is 0.942. The van der Waals surface area contributed by atoms with Gasteiger partial charge in [0, 0.05) is 0 Å². The second kappa shape index (κ2) is 3.01. The maximum atomic E-state index is 2.50. The smallest absolute Gasteiger partial charge is 0.0194 e. The zero-order valence-corrected chi connectivity index (χ0v) is 8.15. The van der Waals surface area contributed by atoms with E-state index in [9.17, 15) is 0 Å². The van der Waals surface area contributed by atoms with Crippen LogP contribution in [0.5, 0.6) is 0 Å². The Morgan fingerprint density at radius 3 is 2.69 bits per heavy atom. The zero-order valence-electron chi connectivity index (χ0n) is 8.15. The average Bonchev–Trinajstić information content (AvgIpc) is 2.62. The third-order valence-electron chi connectivity index (χ3n) is 4.28. The fourth-order valence-electron chi connectivity index (χ4n) is 3.65. The predicted molar refractivity (Wildman–Crippen MR) is 55.3 cm³/mol. The van der Waals surface area contributed by atoms with Crippen LogP contribution in [-0.4, -0.2) is 0 Å². The van der Waals surface area contributed by atoms with Crippen molar-refractivity contribution in [1.82, 2.24) is 0 Å². The number of rotatable bonds is 0. The van der Waals surface area contributed by atoms with Crippen LogP contribution in [0.25, 0.3) is 0 Å². The standard InChI is InChI=1S/C13H18/c1-2-4-6-13-11-8-7-10(9-11)12(13)5-3-1/h1,3,7-8,10-13H,2,4-6,9H2. The van der Waals surface area contributed by atoms with Gasteiger partial charge < -0.3 is 0 Å². The van der Waals surface area contributed by atoms with Crippen LogP contribution >= 0.6 is 0 Å². The molecule has 0 spiro atoms. The van der Waals surface area contributed by atoms with Crippen molar-refractivity contribution in [1.29, 1.82) is 0 Å². The van der Waals surface area contributed by atoms with E-state index in [1.807, 2.05) is 0 Å². The largest absolute Gasteiger partial charge is 0.0885 e. The van der Waals surface area contributed by atoms with Gasteiger partial charge in [0.2, 0.25) is 0 Å². The van der Waals surface area contributed by atoms with Gasteiger partial charge in [0.25, 0.3) is 0 Å². The van der Waals surface area contributed by atoms with Crippen molar-refractivity contribution in [2.75, 3.05) is 0 Å². The summed E-state index contributed by atoms with van der Waals surface area (Å²) in [5, 5.41) is 0. The van der Waals surface area contributed by atoms with Crippen LogP contribution in [0.3, 0.4) is 0 Å². The van der Waals surface area contributed by atoms with Gasteiger partial charge in [0.05, 0.1) is 0 Å². The second-order valence-electron chi connectivity index (χ2n) is 4.91. The first-order valence-corrected chi connectivity index (χ1v) is 5.78. The molecule has 70 valence electrons. The number of fused-ring (bicyclic) bond motifs is 5. The third kappa shape index (κ3) is 1.19. The lowest BCUT2D eigenvalue weighted by molar-refractivity contribution is 0.284. The molecule has 0 nitrogen and oxygen atoms in total.